The molecule has 0 spiro atoms. The zero-order valence-electron chi connectivity index (χ0n) is 8.03. The summed E-state index contributed by atoms with van der Waals surface area (Å²) in [5.41, 5.74) is 0.264. The molecule has 1 aliphatic heterocycles. The number of hydrogen-bond donors (Lipinski definition) is 0. The zero-order valence-corrected chi connectivity index (χ0v) is 8.03. The van der Waals surface area contributed by atoms with E-state index in [0.29, 0.717) is 5.75 Å². The molecule has 1 aromatic carbocycles. The summed E-state index contributed by atoms with van der Waals surface area (Å²) in [6.45, 7) is 1.55. The molecular weight excluding hydrogens is 197 g/mol. The second-order valence-electron chi connectivity index (χ2n) is 3.06. The Hall–Kier alpha value is -1.97. The Morgan fingerprint density at radius 2 is 2.07 bits per heavy atom. The van der Waals surface area contributed by atoms with Crippen LogP contribution in [0.5, 0.6) is 5.75 Å². The Labute approximate surface area is 85.9 Å². The number of ether oxygens (including phenoxy) is 1. The van der Waals surface area contributed by atoms with E-state index in [-0.39, 0.29) is 11.5 Å². The number of carbonyl (C=O) groups is 1. The third-order valence-electron chi connectivity index (χ3n) is 1.92. The van der Waals surface area contributed by atoms with Gasteiger partial charge in [-0.3, -0.25) is 4.79 Å². The van der Waals surface area contributed by atoms with Crippen molar-refractivity contribution in [2.75, 3.05) is 0 Å². The summed E-state index contributed by atoms with van der Waals surface area (Å²) in [5.74, 6) is -0.720. The summed E-state index contributed by atoms with van der Waals surface area (Å²) in [7, 11) is 0. The molecule has 1 heterocycles. The first kappa shape index (κ1) is 9.58. The molecule has 1 amide bonds. The molecule has 0 bridgehead atoms. The lowest BCUT2D eigenvalue weighted by atomic mass is 10.1. The molecule has 0 fully saturated rings. The van der Waals surface area contributed by atoms with Crippen LogP contribution in [0.15, 0.2) is 35.3 Å². The average Bonchev–Trinajstić information content (AvgIpc) is 2.16. The van der Waals surface area contributed by atoms with Gasteiger partial charge >= 0.3 is 0 Å². The monoisotopic (exact) mass is 205 g/mol. The molecule has 1 aliphatic rings. The number of carbonyl (C=O) groups excluding carboxylic acids is 1. The van der Waals surface area contributed by atoms with E-state index in [9.17, 15) is 9.18 Å². The van der Waals surface area contributed by atoms with E-state index < -0.39 is 11.7 Å². The summed E-state index contributed by atoms with van der Waals surface area (Å²) in [6.07, 6.45) is 0.852. The van der Waals surface area contributed by atoms with Gasteiger partial charge in [0.1, 0.15) is 11.6 Å². The van der Waals surface area contributed by atoms with Crippen molar-refractivity contribution in [3.63, 3.8) is 0 Å². The molecule has 0 saturated carbocycles. The second-order valence-corrected chi connectivity index (χ2v) is 3.06. The Morgan fingerprint density at radius 1 is 1.33 bits per heavy atom. The predicted molar refractivity (Wildman–Crippen MR) is 54.3 cm³/mol. The van der Waals surface area contributed by atoms with E-state index in [4.69, 9.17) is 4.74 Å². The van der Waals surface area contributed by atoms with E-state index >= 15 is 0 Å². The van der Waals surface area contributed by atoms with E-state index in [1.165, 1.54) is 0 Å². The number of para-hydroxylation sites is 1. The van der Waals surface area contributed by atoms with Crippen LogP contribution in [0, 0.1) is 0 Å². The van der Waals surface area contributed by atoms with Gasteiger partial charge in [-0.2, -0.15) is 4.99 Å². The van der Waals surface area contributed by atoms with Crippen LogP contribution in [0.3, 0.4) is 0 Å². The number of benzene rings is 1. The SMILES string of the molecule is CC1=NC(=O)C=C(F)c2ccccc2O1. The molecule has 0 atom stereocenters. The van der Waals surface area contributed by atoms with Crippen molar-refractivity contribution < 1.29 is 13.9 Å². The van der Waals surface area contributed by atoms with Crippen LogP contribution in [-0.4, -0.2) is 11.8 Å². The average molecular weight is 205 g/mol. The fourth-order valence-electron chi connectivity index (χ4n) is 1.31. The highest BCUT2D eigenvalue weighted by Crippen LogP contribution is 2.28. The second kappa shape index (κ2) is 3.65. The minimum atomic E-state index is -0.653. The quantitative estimate of drug-likeness (QED) is 0.652. The van der Waals surface area contributed by atoms with Gasteiger partial charge in [-0.05, 0) is 12.1 Å². The van der Waals surface area contributed by atoms with Crippen LogP contribution < -0.4 is 4.74 Å². The molecule has 15 heavy (non-hydrogen) atoms. The van der Waals surface area contributed by atoms with Gasteiger partial charge in [0, 0.05) is 13.0 Å². The van der Waals surface area contributed by atoms with E-state index in [1.54, 1.807) is 31.2 Å². The summed E-state index contributed by atoms with van der Waals surface area (Å²) >= 11 is 0. The van der Waals surface area contributed by atoms with Gasteiger partial charge in [-0.1, -0.05) is 12.1 Å². The Balaban J connectivity index is 2.59. The molecule has 76 valence electrons. The van der Waals surface area contributed by atoms with Gasteiger partial charge in [-0.25, -0.2) is 4.39 Å². The van der Waals surface area contributed by atoms with Crippen LogP contribution in [0.4, 0.5) is 4.39 Å². The number of hydrogen-bond acceptors (Lipinski definition) is 2. The van der Waals surface area contributed by atoms with Crippen molar-refractivity contribution in [1.82, 2.24) is 0 Å². The summed E-state index contributed by atoms with van der Waals surface area (Å²) in [4.78, 5) is 14.6. The number of aliphatic imine (C=N–C) groups is 1. The van der Waals surface area contributed by atoms with Gasteiger partial charge in [0.2, 0.25) is 0 Å². The first-order chi connectivity index (χ1) is 7.16. The number of halogens is 1. The number of rotatable bonds is 0. The van der Waals surface area contributed by atoms with Crippen molar-refractivity contribution in [2.45, 2.75) is 6.92 Å². The third-order valence-corrected chi connectivity index (χ3v) is 1.92. The van der Waals surface area contributed by atoms with Crippen molar-refractivity contribution in [3.05, 3.63) is 35.9 Å². The van der Waals surface area contributed by atoms with Gasteiger partial charge in [0.15, 0.2) is 5.90 Å². The largest absolute Gasteiger partial charge is 0.442 e. The van der Waals surface area contributed by atoms with Gasteiger partial charge in [0.25, 0.3) is 5.91 Å². The minimum absolute atomic E-state index is 0.205. The molecule has 0 radical (unpaired) electrons. The van der Waals surface area contributed by atoms with Crippen molar-refractivity contribution in [1.29, 1.82) is 0 Å². The fourth-order valence-corrected chi connectivity index (χ4v) is 1.31. The van der Waals surface area contributed by atoms with Crippen LogP contribution in [0.1, 0.15) is 12.5 Å². The van der Waals surface area contributed by atoms with Gasteiger partial charge in [-0.15, -0.1) is 0 Å². The highest BCUT2D eigenvalue weighted by molar-refractivity contribution is 6.02. The third kappa shape index (κ3) is 1.93. The maximum Gasteiger partial charge on any atom is 0.275 e. The highest BCUT2D eigenvalue weighted by Gasteiger charge is 2.14. The summed E-state index contributed by atoms with van der Waals surface area (Å²) < 4.78 is 18.7. The smallest absolute Gasteiger partial charge is 0.275 e. The van der Waals surface area contributed by atoms with E-state index in [0.717, 1.165) is 6.08 Å². The van der Waals surface area contributed by atoms with Crippen LogP contribution >= 0.6 is 0 Å². The van der Waals surface area contributed by atoms with E-state index in [1.807, 2.05) is 0 Å². The molecule has 0 aromatic heterocycles. The lowest BCUT2D eigenvalue weighted by Gasteiger charge is -2.10. The number of amides is 1. The Kier molecular flexibility index (Phi) is 2.33. The van der Waals surface area contributed by atoms with Gasteiger partial charge in [0.05, 0.1) is 5.56 Å². The first-order valence-corrected chi connectivity index (χ1v) is 4.40. The molecule has 3 nitrogen and oxygen atoms in total. The topological polar surface area (TPSA) is 38.7 Å². The summed E-state index contributed by atoms with van der Waals surface area (Å²) in [6, 6.07) is 6.57. The molecular formula is C11H8FNO2. The van der Waals surface area contributed by atoms with Crippen LogP contribution in [0.25, 0.3) is 5.83 Å². The molecule has 0 aliphatic carbocycles. The molecule has 0 unspecified atom stereocenters. The lowest BCUT2D eigenvalue weighted by Crippen LogP contribution is -2.09. The standard InChI is InChI=1S/C11H8FNO2/c1-7-13-11(14)6-9(12)8-4-2-3-5-10(8)15-7/h2-6H,1H3. The van der Waals surface area contributed by atoms with Crippen molar-refractivity contribution in [3.8, 4) is 5.75 Å². The normalized spacial score (nSPS) is 15.5. The molecule has 0 N–H and O–H groups in total. The maximum atomic E-state index is 13.5. The maximum absolute atomic E-state index is 13.5. The van der Waals surface area contributed by atoms with Crippen LogP contribution in [-0.2, 0) is 4.79 Å². The minimum Gasteiger partial charge on any atom is -0.442 e. The van der Waals surface area contributed by atoms with E-state index in [2.05, 4.69) is 4.99 Å². The first-order valence-electron chi connectivity index (χ1n) is 4.40. The zero-order chi connectivity index (χ0) is 10.8. The Bertz CT molecular complexity index is 477. The Morgan fingerprint density at radius 3 is 2.87 bits per heavy atom. The summed E-state index contributed by atoms with van der Waals surface area (Å²) in [5, 5.41) is 0. The molecule has 2 rings (SSSR count). The van der Waals surface area contributed by atoms with Crippen molar-refractivity contribution in [2.24, 2.45) is 4.99 Å². The van der Waals surface area contributed by atoms with Crippen LogP contribution in [0.2, 0.25) is 0 Å². The predicted octanol–water partition coefficient (Wildman–Crippen LogP) is 2.33. The van der Waals surface area contributed by atoms with Crippen molar-refractivity contribution >= 4 is 17.6 Å². The highest BCUT2D eigenvalue weighted by atomic mass is 19.1. The molecule has 4 heteroatoms. The molecule has 0 saturated heterocycles. The number of fused-ring (bicyclic) bond motifs is 1. The fraction of sp³-hybridized carbons (Fsp3) is 0.0909. The molecule has 1 aromatic rings. The van der Waals surface area contributed by atoms with Gasteiger partial charge < -0.3 is 4.74 Å². The number of nitrogens with zero attached hydrogens (tertiary/aromatic N) is 1. The lowest BCUT2D eigenvalue weighted by molar-refractivity contribution is -0.113.